The Kier molecular flexibility index (Phi) is 22.2. The number of ketones is 1. The van der Waals surface area contributed by atoms with Gasteiger partial charge in [-0.05, 0) is 25.9 Å². The van der Waals surface area contributed by atoms with Crippen molar-refractivity contribution in [2.45, 2.75) is 19.3 Å². The highest BCUT2D eigenvalue weighted by Crippen LogP contribution is 1.86. The van der Waals surface area contributed by atoms with Crippen molar-refractivity contribution < 1.29 is 43.2 Å². The van der Waals surface area contributed by atoms with E-state index in [0.29, 0.717) is 59.2 Å². The smallest absolute Gasteiger partial charge is 0.303 e. The molecular weight excluding hydrogens is 426 g/mol. The lowest BCUT2D eigenvalue weighted by atomic mass is 10.3. The molecule has 12 heteroatoms. The van der Waals surface area contributed by atoms with Crippen LogP contribution in [0.5, 0.6) is 0 Å². The first-order chi connectivity index (χ1) is 15.6. The lowest BCUT2D eigenvalue weighted by molar-refractivity contribution is -0.141. The Morgan fingerprint density at radius 1 is 0.656 bits per heavy atom. The number of aliphatic carboxylic acids is 1. The fraction of sp³-hybridized carbons (Fsp3) is 0.800. The van der Waals surface area contributed by atoms with Crippen LogP contribution in [0, 0.1) is 0 Å². The predicted molar refractivity (Wildman–Crippen MR) is 115 cm³/mol. The number of nitrogens with one attached hydrogen (secondary N) is 3. The van der Waals surface area contributed by atoms with Crippen LogP contribution in [0.4, 0.5) is 0 Å². The van der Waals surface area contributed by atoms with Crippen molar-refractivity contribution in [2.24, 2.45) is 0 Å². The number of hydrogen-bond donors (Lipinski definition) is 4. The van der Waals surface area contributed by atoms with E-state index in [1.807, 2.05) is 0 Å². The van der Waals surface area contributed by atoms with E-state index in [2.05, 4.69) is 16.0 Å². The molecule has 0 aromatic carbocycles. The second-order valence-electron chi connectivity index (χ2n) is 6.54. The predicted octanol–water partition coefficient (Wildman–Crippen LogP) is -1.63. The number of carboxylic acids is 1. The Morgan fingerprint density at radius 3 is 1.69 bits per heavy atom. The number of ether oxygens (including phenoxy) is 4. The van der Waals surface area contributed by atoms with Crippen molar-refractivity contribution in [1.29, 1.82) is 0 Å². The summed E-state index contributed by atoms with van der Waals surface area (Å²) >= 11 is 0. The van der Waals surface area contributed by atoms with Crippen molar-refractivity contribution in [3.8, 4) is 0 Å². The molecule has 0 aromatic rings. The maximum absolute atomic E-state index is 11.0. The molecule has 0 atom stereocenters. The number of amides is 1. The minimum absolute atomic E-state index is 0.0330. The Balaban J connectivity index is 3.11. The van der Waals surface area contributed by atoms with E-state index in [0.717, 1.165) is 26.1 Å². The van der Waals surface area contributed by atoms with E-state index in [4.69, 9.17) is 24.1 Å². The molecule has 0 aromatic heterocycles. The highest BCUT2D eigenvalue weighted by Gasteiger charge is 2.10. The summed E-state index contributed by atoms with van der Waals surface area (Å²) < 4.78 is 21.4. The summed E-state index contributed by atoms with van der Waals surface area (Å²) in [4.78, 5) is 42.1. The summed E-state index contributed by atoms with van der Waals surface area (Å²) in [6.45, 7) is 6.85. The second-order valence-corrected chi connectivity index (χ2v) is 6.54. The molecule has 0 spiro atoms. The van der Waals surface area contributed by atoms with Gasteiger partial charge in [0.05, 0.1) is 46.2 Å². The molecule has 0 aliphatic rings. The third-order valence-electron chi connectivity index (χ3n) is 3.84. The highest BCUT2D eigenvalue weighted by molar-refractivity contribution is 6.57. The Morgan fingerprint density at radius 2 is 1.16 bits per heavy atom. The van der Waals surface area contributed by atoms with Crippen LogP contribution in [0.25, 0.3) is 0 Å². The zero-order valence-electron chi connectivity index (χ0n) is 18.6. The number of hydrogen-bond acceptors (Lipinski definition) is 10. The van der Waals surface area contributed by atoms with E-state index in [1.165, 1.54) is 0 Å². The summed E-state index contributed by atoms with van der Waals surface area (Å²) in [7, 11) is 0. The zero-order valence-corrected chi connectivity index (χ0v) is 18.6. The highest BCUT2D eigenvalue weighted by atomic mass is 16.6. The van der Waals surface area contributed by atoms with Gasteiger partial charge in [-0.15, -0.1) is 0 Å². The first-order valence-corrected chi connectivity index (χ1v) is 10.8. The molecule has 0 unspecified atom stereocenters. The first-order valence-electron chi connectivity index (χ1n) is 10.8. The average molecular weight is 464 g/mol. The largest absolute Gasteiger partial charge is 0.481 e. The van der Waals surface area contributed by atoms with Gasteiger partial charge in [-0.3, -0.25) is 19.2 Å². The van der Waals surface area contributed by atoms with E-state index >= 15 is 0 Å². The summed E-state index contributed by atoms with van der Waals surface area (Å²) in [6.07, 6.45) is 1.71. The van der Waals surface area contributed by atoms with Gasteiger partial charge in [0.15, 0.2) is 6.29 Å². The molecular formula is C20H37N3O9. The molecule has 1 amide bonds. The van der Waals surface area contributed by atoms with Crippen LogP contribution in [0.3, 0.4) is 0 Å². The standard InChI is InChI=1S/C20H37N3O9/c24-17-18(25)20(28)23-8-10-30-12-14-32-16-15-31-13-11-29-9-2-5-22-7-6-21-4-1-3-19(26)27/h17,21-22H,1-16H2,(H,23,28)(H,26,27). The number of carboxylic acid groups (broad SMARTS) is 1. The van der Waals surface area contributed by atoms with Gasteiger partial charge in [0.1, 0.15) is 0 Å². The van der Waals surface area contributed by atoms with Crippen LogP contribution in [0.15, 0.2) is 0 Å². The zero-order chi connectivity index (χ0) is 23.7. The molecule has 0 bridgehead atoms. The van der Waals surface area contributed by atoms with Gasteiger partial charge in [0, 0.05) is 32.7 Å². The van der Waals surface area contributed by atoms with Crippen LogP contribution in [0.1, 0.15) is 19.3 Å². The van der Waals surface area contributed by atoms with Crippen LogP contribution >= 0.6 is 0 Å². The van der Waals surface area contributed by atoms with Gasteiger partial charge in [-0.1, -0.05) is 0 Å². The first kappa shape index (κ1) is 30.0. The van der Waals surface area contributed by atoms with E-state index in [9.17, 15) is 19.2 Å². The van der Waals surface area contributed by atoms with Crippen LogP contribution < -0.4 is 16.0 Å². The molecule has 32 heavy (non-hydrogen) atoms. The SMILES string of the molecule is O=CC(=O)C(=O)NCCOCCOCCOCCOCCCNCCNCCCC(=O)O. The maximum Gasteiger partial charge on any atom is 0.303 e. The number of carbonyl (C=O) groups excluding carboxylic acids is 3. The maximum atomic E-state index is 11.0. The van der Waals surface area contributed by atoms with E-state index in [1.54, 1.807) is 0 Å². The molecule has 0 aliphatic carbocycles. The van der Waals surface area contributed by atoms with Gasteiger partial charge < -0.3 is 40.0 Å². The molecule has 0 rings (SSSR count). The van der Waals surface area contributed by atoms with Gasteiger partial charge in [-0.25, -0.2) is 0 Å². The quantitative estimate of drug-likeness (QED) is 0.0532. The monoisotopic (exact) mass is 463 g/mol. The molecule has 0 radical (unpaired) electrons. The third kappa shape index (κ3) is 22.7. The number of rotatable bonds is 25. The number of carbonyl (C=O) groups is 4. The van der Waals surface area contributed by atoms with Crippen LogP contribution in [-0.2, 0) is 38.1 Å². The van der Waals surface area contributed by atoms with Crippen molar-refractivity contribution in [3.63, 3.8) is 0 Å². The summed E-state index contributed by atoms with van der Waals surface area (Å²) in [5, 5.41) is 17.2. The minimum Gasteiger partial charge on any atom is -0.481 e. The lowest BCUT2D eigenvalue weighted by Crippen LogP contribution is -2.34. The number of aldehydes is 1. The minimum atomic E-state index is -1.11. The van der Waals surface area contributed by atoms with Crippen molar-refractivity contribution in [3.05, 3.63) is 0 Å². The molecule has 0 saturated heterocycles. The van der Waals surface area contributed by atoms with E-state index in [-0.39, 0.29) is 25.9 Å². The Bertz CT molecular complexity index is 507. The van der Waals surface area contributed by atoms with Gasteiger partial charge >= 0.3 is 5.97 Å². The topological polar surface area (TPSA) is 162 Å². The molecule has 186 valence electrons. The van der Waals surface area contributed by atoms with Crippen LogP contribution in [-0.4, -0.2) is 115 Å². The molecule has 0 aliphatic heterocycles. The normalized spacial score (nSPS) is 10.8. The molecule has 0 fully saturated rings. The Hall–Kier alpha value is -1.96. The van der Waals surface area contributed by atoms with Crippen molar-refractivity contribution in [1.82, 2.24) is 16.0 Å². The number of Topliss-reactive ketones (excluding diaryl/α,β-unsaturated/α-hetero) is 1. The van der Waals surface area contributed by atoms with Crippen LogP contribution in [0.2, 0.25) is 0 Å². The van der Waals surface area contributed by atoms with Gasteiger partial charge in [-0.2, -0.15) is 0 Å². The Labute approximate surface area is 188 Å². The average Bonchev–Trinajstić information content (AvgIpc) is 2.78. The van der Waals surface area contributed by atoms with Crippen molar-refractivity contribution in [2.75, 3.05) is 85.6 Å². The lowest BCUT2D eigenvalue weighted by Gasteiger charge is -2.08. The van der Waals surface area contributed by atoms with Gasteiger partial charge in [0.2, 0.25) is 0 Å². The molecule has 0 saturated carbocycles. The fourth-order valence-corrected chi connectivity index (χ4v) is 2.23. The fourth-order valence-electron chi connectivity index (χ4n) is 2.23. The second kappa shape index (κ2) is 23.7. The third-order valence-corrected chi connectivity index (χ3v) is 3.84. The summed E-state index contributed by atoms with van der Waals surface area (Å²) in [6, 6.07) is 0. The molecule has 0 heterocycles. The summed E-state index contributed by atoms with van der Waals surface area (Å²) in [5.74, 6) is -2.81. The van der Waals surface area contributed by atoms with E-state index < -0.39 is 17.7 Å². The molecule has 4 N–H and O–H groups in total. The van der Waals surface area contributed by atoms with Gasteiger partial charge in [0.25, 0.3) is 11.7 Å². The summed E-state index contributed by atoms with van der Waals surface area (Å²) in [5.41, 5.74) is 0. The van der Waals surface area contributed by atoms with Crippen molar-refractivity contribution >= 4 is 23.9 Å². The molecule has 12 nitrogen and oxygen atoms in total.